The Morgan fingerprint density at radius 3 is 2.55 bits per heavy atom. The first-order chi connectivity index (χ1) is 5.15. The Morgan fingerprint density at radius 2 is 2.27 bits per heavy atom. The van der Waals surface area contributed by atoms with Crippen molar-refractivity contribution in [1.82, 2.24) is 0 Å². The van der Waals surface area contributed by atoms with Gasteiger partial charge in [0.25, 0.3) is 0 Å². The van der Waals surface area contributed by atoms with E-state index < -0.39 is 0 Å². The van der Waals surface area contributed by atoms with Gasteiger partial charge in [-0.15, -0.1) is 11.3 Å². The Morgan fingerprint density at radius 1 is 1.64 bits per heavy atom. The molecule has 1 unspecified atom stereocenters. The average molecular weight is 169 g/mol. The normalized spacial score (nSPS) is 13.5. The fraction of sp³-hybridized carbons (Fsp3) is 0.556. The van der Waals surface area contributed by atoms with E-state index in [1.165, 1.54) is 15.3 Å². The van der Waals surface area contributed by atoms with Crippen molar-refractivity contribution in [2.45, 2.75) is 33.2 Å². The van der Waals surface area contributed by atoms with E-state index in [1.807, 2.05) is 18.3 Å². The lowest BCUT2D eigenvalue weighted by atomic mass is 10.2. The Hall–Kier alpha value is -0.340. The highest BCUT2D eigenvalue weighted by Crippen LogP contribution is 2.25. The lowest BCUT2D eigenvalue weighted by Gasteiger charge is -1.97. The Bertz CT molecular complexity index is 238. The largest absolute Gasteiger partial charge is 0.324 e. The van der Waals surface area contributed by atoms with Crippen LogP contribution >= 0.6 is 11.3 Å². The van der Waals surface area contributed by atoms with Gasteiger partial charge in [-0.25, -0.2) is 0 Å². The molecular formula is C9H15NS. The van der Waals surface area contributed by atoms with E-state index in [0.29, 0.717) is 0 Å². The van der Waals surface area contributed by atoms with Gasteiger partial charge >= 0.3 is 0 Å². The molecule has 0 amide bonds. The van der Waals surface area contributed by atoms with Crippen molar-refractivity contribution >= 4 is 11.3 Å². The quantitative estimate of drug-likeness (QED) is 0.723. The fourth-order valence-corrected chi connectivity index (χ4v) is 2.19. The predicted octanol–water partition coefficient (Wildman–Crippen LogP) is 2.64. The molecule has 1 atom stereocenters. The van der Waals surface area contributed by atoms with Crippen LogP contribution in [0.3, 0.4) is 0 Å². The van der Waals surface area contributed by atoms with Crippen LogP contribution in [0.2, 0.25) is 0 Å². The number of thiophene rings is 1. The van der Waals surface area contributed by atoms with Crippen LogP contribution in [0.1, 0.15) is 35.2 Å². The number of aryl methyl sites for hydroxylation is 2. The molecule has 1 aromatic heterocycles. The third-order valence-corrected chi connectivity index (χ3v) is 3.39. The molecule has 0 fully saturated rings. The predicted molar refractivity (Wildman–Crippen MR) is 51.0 cm³/mol. The van der Waals surface area contributed by atoms with Crippen molar-refractivity contribution in [2.24, 2.45) is 5.73 Å². The number of hydrogen-bond acceptors (Lipinski definition) is 2. The minimum atomic E-state index is 0.194. The molecule has 1 aromatic rings. The van der Waals surface area contributed by atoms with Crippen LogP contribution in [0.15, 0.2) is 6.07 Å². The first-order valence-corrected chi connectivity index (χ1v) is 4.81. The smallest absolute Gasteiger partial charge is 0.0361 e. The van der Waals surface area contributed by atoms with E-state index in [4.69, 9.17) is 5.73 Å². The van der Waals surface area contributed by atoms with Crippen molar-refractivity contribution in [1.29, 1.82) is 0 Å². The van der Waals surface area contributed by atoms with Crippen LogP contribution in [-0.2, 0) is 6.42 Å². The molecule has 0 aliphatic carbocycles. The Balaban J connectivity index is 2.95. The summed E-state index contributed by atoms with van der Waals surface area (Å²) in [5.41, 5.74) is 7.15. The summed E-state index contributed by atoms with van der Waals surface area (Å²) in [4.78, 5) is 2.77. The van der Waals surface area contributed by atoms with Crippen molar-refractivity contribution in [3.63, 3.8) is 0 Å². The van der Waals surface area contributed by atoms with Gasteiger partial charge in [-0.2, -0.15) is 0 Å². The van der Waals surface area contributed by atoms with Crippen LogP contribution in [-0.4, -0.2) is 0 Å². The molecule has 0 aromatic carbocycles. The molecule has 11 heavy (non-hydrogen) atoms. The monoisotopic (exact) mass is 169 g/mol. The third-order valence-electron chi connectivity index (χ3n) is 1.81. The molecule has 1 heterocycles. The van der Waals surface area contributed by atoms with Gasteiger partial charge in [0.2, 0.25) is 0 Å². The molecule has 2 N–H and O–H groups in total. The second-order valence-corrected chi connectivity index (χ2v) is 4.07. The van der Waals surface area contributed by atoms with Crippen molar-refractivity contribution in [3.05, 3.63) is 21.4 Å². The minimum Gasteiger partial charge on any atom is -0.324 e. The highest BCUT2D eigenvalue weighted by atomic mass is 32.1. The lowest BCUT2D eigenvalue weighted by molar-refractivity contribution is 0.838. The lowest BCUT2D eigenvalue weighted by Crippen LogP contribution is -2.01. The van der Waals surface area contributed by atoms with Gasteiger partial charge in [0.1, 0.15) is 0 Å². The first-order valence-electron chi connectivity index (χ1n) is 4.00. The van der Waals surface area contributed by atoms with E-state index in [2.05, 4.69) is 19.9 Å². The topological polar surface area (TPSA) is 26.0 Å². The molecule has 0 saturated heterocycles. The van der Waals surface area contributed by atoms with Crippen LogP contribution in [0.25, 0.3) is 0 Å². The van der Waals surface area contributed by atoms with E-state index in [-0.39, 0.29) is 6.04 Å². The molecule has 0 bridgehead atoms. The maximum atomic E-state index is 5.76. The summed E-state index contributed by atoms with van der Waals surface area (Å²) >= 11 is 1.84. The van der Waals surface area contributed by atoms with Crippen molar-refractivity contribution in [2.75, 3.05) is 0 Å². The Kier molecular flexibility index (Phi) is 2.68. The fourth-order valence-electron chi connectivity index (χ4n) is 1.12. The zero-order valence-corrected chi connectivity index (χ0v) is 8.16. The highest BCUT2D eigenvalue weighted by Gasteiger charge is 2.06. The summed E-state index contributed by atoms with van der Waals surface area (Å²) in [5.74, 6) is 0. The van der Waals surface area contributed by atoms with Gasteiger partial charge in [0, 0.05) is 15.8 Å². The van der Waals surface area contributed by atoms with Crippen LogP contribution in [0, 0.1) is 6.92 Å². The molecular weight excluding hydrogens is 154 g/mol. The van der Waals surface area contributed by atoms with E-state index >= 15 is 0 Å². The van der Waals surface area contributed by atoms with E-state index in [1.54, 1.807) is 0 Å². The molecule has 62 valence electrons. The average Bonchev–Trinajstić information content (AvgIpc) is 2.31. The van der Waals surface area contributed by atoms with Crippen molar-refractivity contribution in [3.8, 4) is 0 Å². The summed E-state index contributed by atoms with van der Waals surface area (Å²) in [6.07, 6.45) is 1.13. The molecule has 0 saturated carbocycles. The standard InChI is InChI=1S/C9H15NS/c1-4-8-6(2)5-9(11-8)7(3)10/h5,7H,4,10H2,1-3H3. The molecule has 2 heteroatoms. The number of nitrogens with two attached hydrogens (primary N) is 1. The number of rotatable bonds is 2. The summed E-state index contributed by atoms with van der Waals surface area (Å²) < 4.78 is 0. The molecule has 0 aliphatic rings. The molecule has 0 radical (unpaired) electrons. The molecule has 0 spiro atoms. The summed E-state index contributed by atoms with van der Waals surface area (Å²) in [7, 11) is 0. The zero-order valence-electron chi connectivity index (χ0n) is 7.35. The maximum Gasteiger partial charge on any atom is 0.0361 e. The van der Waals surface area contributed by atoms with E-state index in [9.17, 15) is 0 Å². The molecule has 0 aliphatic heterocycles. The van der Waals surface area contributed by atoms with Crippen LogP contribution in [0.4, 0.5) is 0 Å². The summed E-state index contributed by atoms with van der Waals surface area (Å²) in [5, 5.41) is 0. The third kappa shape index (κ3) is 1.82. The Labute approximate surface area is 72.2 Å². The minimum absolute atomic E-state index is 0.194. The first kappa shape index (κ1) is 8.75. The number of hydrogen-bond donors (Lipinski definition) is 1. The van der Waals surface area contributed by atoms with Gasteiger partial charge in [-0.1, -0.05) is 6.92 Å². The van der Waals surface area contributed by atoms with Gasteiger partial charge in [-0.3, -0.25) is 0 Å². The highest BCUT2D eigenvalue weighted by molar-refractivity contribution is 7.12. The van der Waals surface area contributed by atoms with Crippen LogP contribution < -0.4 is 5.73 Å². The molecule has 1 rings (SSSR count). The molecule has 1 nitrogen and oxygen atoms in total. The maximum absolute atomic E-state index is 5.76. The van der Waals surface area contributed by atoms with Gasteiger partial charge in [-0.05, 0) is 31.9 Å². The van der Waals surface area contributed by atoms with Gasteiger partial charge in [0.05, 0.1) is 0 Å². The zero-order chi connectivity index (χ0) is 8.43. The van der Waals surface area contributed by atoms with Crippen molar-refractivity contribution < 1.29 is 0 Å². The SMILES string of the molecule is CCc1sc(C(C)N)cc1C. The summed E-state index contributed by atoms with van der Waals surface area (Å²) in [6, 6.07) is 2.40. The van der Waals surface area contributed by atoms with Gasteiger partial charge < -0.3 is 5.73 Å². The van der Waals surface area contributed by atoms with E-state index in [0.717, 1.165) is 6.42 Å². The summed E-state index contributed by atoms with van der Waals surface area (Å²) in [6.45, 7) is 6.37. The second kappa shape index (κ2) is 3.37. The second-order valence-electron chi connectivity index (χ2n) is 2.90. The van der Waals surface area contributed by atoms with Gasteiger partial charge in [0.15, 0.2) is 0 Å². The van der Waals surface area contributed by atoms with Crippen LogP contribution in [0.5, 0.6) is 0 Å².